The third kappa shape index (κ3) is 4.55. The summed E-state index contributed by atoms with van der Waals surface area (Å²) in [6, 6.07) is 22.3. The molecule has 1 unspecified atom stereocenters. The minimum atomic E-state index is -0.444. The Kier molecular flexibility index (Phi) is 6.08. The maximum absolute atomic E-state index is 15.5. The first-order valence-corrected chi connectivity index (χ1v) is 11.4. The number of nitrogens with one attached hydrogen (secondary N) is 1. The van der Waals surface area contributed by atoms with Gasteiger partial charge in [0.05, 0.1) is 12.5 Å². The van der Waals surface area contributed by atoms with Crippen LogP contribution in [0.3, 0.4) is 0 Å². The maximum atomic E-state index is 15.5. The average Bonchev–Trinajstić information content (AvgIpc) is 3.33. The molecule has 5 rings (SSSR count). The van der Waals surface area contributed by atoms with E-state index in [4.69, 9.17) is 5.73 Å². The van der Waals surface area contributed by atoms with Gasteiger partial charge in [0.2, 0.25) is 11.7 Å². The number of rotatable bonds is 7. The molecule has 3 N–H and O–H groups in total. The van der Waals surface area contributed by atoms with Gasteiger partial charge in [-0.25, -0.2) is 9.97 Å². The van der Waals surface area contributed by atoms with Gasteiger partial charge in [-0.15, -0.1) is 0 Å². The molecule has 1 aliphatic heterocycles. The molecule has 1 saturated heterocycles. The van der Waals surface area contributed by atoms with Gasteiger partial charge in [0.15, 0.2) is 11.6 Å². The van der Waals surface area contributed by atoms with Crippen LogP contribution in [0, 0.1) is 5.82 Å². The van der Waals surface area contributed by atoms with Crippen molar-refractivity contribution in [3.8, 4) is 0 Å². The fourth-order valence-electron chi connectivity index (χ4n) is 4.63. The topological polar surface area (TPSA) is 84.1 Å². The summed E-state index contributed by atoms with van der Waals surface area (Å²) in [5, 5.41) is 5.46. The summed E-state index contributed by atoms with van der Waals surface area (Å²) < 4.78 is 15.5. The Hall–Kier alpha value is -4.00. The van der Waals surface area contributed by atoms with E-state index in [0.717, 1.165) is 30.5 Å². The number of benzene rings is 3. The lowest BCUT2D eigenvalue weighted by Crippen LogP contribution is -2.25. The third-order valence-corrected chi connectivity index (χ3v) is 6.32. The molecule has 0 saturated carbocycles. The average molecular weight is 456 g/mol. The number of halogens is 1. The predicted molar refractivity (Wildman–Crippen MR) is 132 cm³/mol. The molecule has 6 nitrogen and oxygen atoms in total. The second-order valence-electron chi connectivity index (χ2n) is 8.63. The number of anilines is 2. The molecule has 7 heteroatoms. The van der Waals surface area contributed by atoms with E-state index in [-0.39, 0.29) is 24.2 Å². The summed E-state index contributed by atoms with van der Waals surface area (Å²) in [5.74, 6) is -0.314. The van der Waals surface area contributed by atoms with Crippen molar-refractivity contribution in [3.63, 3.8) is 0 Å². The number of aromatic nitrogens is 2. The largest absolute Gasteiger partial charge is 0.369 e. The number of hydrogen-bond donors (Lipinski definition) is 2. The van der Waals surface area contributed by atoms with Crippen LogP contribution in [0.15, 0.2) is 73.1 Å². The number of nitrogens with zero attached hydrogens (tertiary/aromatic N) is 3. The smallest absolute Gasteiger partial charge is 0.221 e. The van der Waals surface area contributed by atoms with Crippen LogP contribution in [0.25, 0.3) is 10.8 Å². The number of carbonyl (C=O) groups excluding carboxylic acids is 1. The summed E-state index contributed by atoms with van der Waals surface area (Å²) in [4.78, 5) is 21.6. The van der Waals surface area contributed by atoms with E-state index >= 15 is 4.39 Å². The van der Waals surface area contributed by atoms with Gasteiger partial charge in [-0.3, -0.25) is 4.79 Å². The van der Waals surface area contributed by atoms with Gasteiger partial charge >= 0.3 is 0 Å². The van der Waals surface area contributed by atoms with Crippen LogP contribution in [-0.2, 0) is 17.8 Å². The van der Waals surface area contributed by atoms with Gasteiger partial charge in [0.1, 0.15) is 6.33 Å². The Morgan fingerprint density at radius 1 is 1.03 bits per heavy atom. The summed E-state index contributed by atoms with van der Waals surface area (Å²) in [5.41, 5.74) is 8.20. The number of amides is 1. The summed E-state index contributed by atoms with van der Waals surface area (Å²) in [7, 11) is 0. The second kappa shape index (κ2) is 9.47. The van der Waals surface area contributed by atoms with Crippen LogP contribution in [-0.4, -0.2) is 22.4 Å². The highest BCUT2D eigenvalue weighted by Crippen LogP contribution is 2.38. The molecule has 1 fully saturated rings. The lowest BCUT2D eigenvalue weighted by Gasteiger charge is -2.27. The van der Waals surface area contributed by atoms with Crippen molar-refractivity contribution in [2.75, 3.05) is 16.8 Å². The molecule has 0 bridgehead atoms. The molecule has 0 spiro atoms. The number of nitrogens with two attached hydrogens (primary N) is 1. The molecule has 3 aromatic carbocycles. The molecule has 1 aliphatic rings. The second-order valence-corrected chi connectivity index (χ2v) is 8.63. The van der Waals surface area contributed by atoms with E-state index in [0.29, 0.717) is 12.4 Å². The van der Waals surface area contributed by atoms with Crippen molar-refractivity contribution in [2.45, 2.75) is 31.8 Å². The van der Waals surface area contributed by atoms with E-state index in [1.165, 1.54) is 22.7 Å². The van der Waals surface area contributed by atoms with E-state index in [1.807, 2.05) is 41.3 Å². The first-order valence-electron chi connectivity index (χ1n) is 11.4. The molecule has 2 heterocycles. The fourth-order valence-corrected chi connectivity index (χ4v) is 4.63. The monoisotopic (exact) mass is 455 g/mol. The molecule has 4 aromatic rings. The Labute approximate surface area is 197 Å². The van der Waals surface area contributed by atoms with Gasteiger partial charge in [-0.1, -0.05) is 60.7 Å². The van der Waals surface area contributed by atoms with Crippen molar-refractivity contribution in [3.05, 3.63) is 95.6 Å². The van der Waals surface area contributed by atoms with Crippen molar-refractivity contribution >= 4 is 28.3 Å². The Morgan fingerprint density at radius 2 is 1.79 bits per heavy atom. The van der Waals surface area contributed by atoms with Crippen LogP contribution in [0.1, 0.15) is 35.6 Å². The summed E-state index contributed by atoms with van der Waals surface area (Å²) in [6.07, 6.45) is 3.53. The number of carbonyl (C=O) groups is 1. The van der Waals surface area contributed by atoms with Gasteiger partial charge in [0, 0.05) is 13.1 Å². The number of fused-ring (bicyclic) bond motifs is 1. The molecule has 1 amide bonds. The van der Waals surface area contributed by atoms with Crippen molar-refractivity contribution in [1.29, 1.82) is 0 Å². The lowest BCUT2D eigenvalue weighted by atomic mass is 10.0. The van der Waals surface area contributed by atoms with Gasteiger partial charge in [0.25, 0.3) is 0 Å². The molecular formula is C27H26FN5O. The van der Waals surface area contributed by atoms with Crippen LogP contribution in [0.2, 0.25) is 0 Å². The first kappa shape index (κ1) is 21.8. The minimum Gasteiger partial charge on any atom is -0.369 e. The van der Waals surface area contributed by atoms with Crippen LogP contribution < -0.4 is 16.0 Å². The number of primary amides is 1. The highest BCUT2D eigenvalue weighted by Gasteiger charge is 2.30. The van der Waals surface area contributed by atoms with Crippen LogP contribution >= 0.6 is 0 Å². The minimum absolute atomic E-state index is 0.0691. The molecule has 0 aliphatic carbocycles. The summed E-state index contributed by atoms with van der Waals surface area (Å²) >= 11 is 0. The van der Waals surface area contributed by atoms with Crippen molar-refractivity contribution in [2.24, 2.45) is 5.73 Å². The zero-order chi connectivity index (χ0) is 23.5. The Morgan fingerprint density at radius 3 is 2.59 bits per heavy atom. The SMILES string of the molecule is NC(=O)Cc1ccc(CNc2ncnc(N3CCCC3c3ccc4ccccc4c3)c2F)cc1. The molecule has 34 heavy (non-hydrogen) atoms. The lowest BCUT2D eigenvalue weighted by molar-refractivity contribution is -0.117. The van der Waals surface area contributed by atoms with Crippen LogP contribution in [0.5, 0.6) is 0 Å². The quantitative estimate of drug-likeness (QED) is 0.420. The predicted octanol–water partition coefficient (Wildman–Crippen LogP) is 4.75. The standard InChI is InChI=1S/C27H26FN5O/c28-25-26(30-16-19-9-7-18(8-10-19)14-24(29)34)31-17-32-27(25)33-13-3-6-23(33)22-12-11-20-4-1-2-5-21(20)15-22/h1-2,4-5,7-12,15,17,23H,3,6,13-14,16H2,(H2,29,34)(H,30,31,32). The molecule has 0 radical (unpaired) electrons. The van der Waals surface area contributed by atoms with E-state index in [9.17, 15) is 4.79 Å². The van der Waals surface area contributed by atoms with Gasteiger partial charge < -0.3 is 16.0 Å². The highest BCUT2D eigenvalue weighted by atomic mass is 19.1. The summed E-state index contributed by atoms with van der Waals surface area (Å²) in [6.45, 7) is 1.14. The zero-order valence-corrected chi connectivity index (χ0v) is 18.7. The van der Waals surface area contributed by atoms with Crippen LogP contribution in [0.4, 0.5) is 16.0 Å². The highest BCUT2D eigenvalue weighted by molar-refractivity contribution is 5.83. The van der Waals surface area contributed by atoms with E-state index < -0.39 is 5.82 Å². The molecule has 1 atom stereocenters. The molecular weight excluding hydrogens is 429 g/mol. The van der Waals surface area contributed by atoms with E-state index in [2.05, 4.69) is 45.6 Å². The third-order valence-electron chi connectivity index (χ3n) is 6.32. The van der Waals surface area contributed by atoms with Crippen molar-refractivity contribution in [1.82, 2.24) is 9.97 Å². The fraction of sp³-hybridized carbons (Fsp3) is 0.222. The Bertz CT molecular complexity index is 1320. The van der Waals surface area contributed by atoms with E-state index in [1.54, 1.807) is 0 Å². The van der Waals surface area contributed by atoms with Crippen molar-refractivity contribution < 1.29 is 9.18 Å². The zero-order valence-electron chi connectivity index (χ0n) is 18.7. The molecule has 172 valence electrons. The van der Waals surface area contributed by atoms with Gasteiger partial charge in [-0.2, -0.15) is 4.39 Å². The first-order chi connectivity index (χ1) is 16.6. The molecule has 1 aromatic heterocycles. The Balaban J connectivity index is 1.34. The number of hydrogen-bond acceptors (Lipinski definition) is 5. The normalized spacial score (nSPS) is 15.6. The maximum Gasteiger partial charge on any atom is 0.221 e. The van der Waals surface area contributed by atoms with Gasteiger partial charge in [-0.05, 0) is 46.4 Å².